The Hall–Kier alpha value is -3.92. The number of amides is 2. The number of nitrogens with zero attached hydrogens (tertiary/aromatic N) is 1. The molecular weight excluding hydrogens is 370 g/mol. The van der Waals surface area contributed by atoms with Crippen molar-refractivity contribution in [3.8, 4) is 6.07 Å². The molecule has 0 aliphatic heterocycles. The highest BCUT2D eigenvalue weighted by atomic mass is 16.5. The Kier molecular flexibility index (Phi) is 7.68. The number of benzene rings is 2. The lowest BCUT2D eigenvalue weighted by Gasteiger charge is -2.11. The van der Waals surface area contributed by atoms with Crippen LogP contribution in [-0.2, 0) is 19.1 Å². The summed E-state index contributed by atoms with van der Waals surface area (Å²) < 4.78 is 4.84. The van der Waals surface area contributed by atoms with Crippen LogP contribution in [0.4, 0.5) is 5.69 Å². The average Bonchev–Trinajstić information content (AvgIpc) is 2.72. The summed E-state index contributed by atoms with van der Waals surface area (Å²) in [5.74, 6) is -1.64. The monoisotopic (exact) mass is 391 g/mol. The largest absolute Gasteiger partial charge is 0.452 e. The van der Waals surface area contributed by atoms with Crippen molar-refractivity contribution in [1.82, 2.24) is 5.32 Å². The number of carbonyl (C=O) groups is 3. The van der Waals surface area contributed by atoms with Gasteiger partial charge in [-0.2, -0.15) is 5.26 Å². The van der Waals surface area contributed by atoms with Crippen LogP contribution in [-0.4, -0.2) is 30.9 Å². The summed E-state index contributed by atoms with van der Waals surface area (Å²) in [5.41, 5.74) is 3.79. The van der Waals surface area contributed by atoms with Gasteiger partial charge in [0.25, 0.3) is 5.91 Å². The first kappa shape index (κ1) is 21.4. The molecule has 2 amide bonds. The first-order valence-corrected chi connectivity index (χ1v) is 8.87. The second-order valence-corrected chi connectivity index (χ2v) is 6.27. The number of aryl methyl sites for hydroxylation is 2. The van der Waals surface area contributed by atoms with E-state index in [0.29, 0.717) is 16.8 Å². The maximum absolute atomic E-state index is 12.0. The van der Waals surface area contributed by atoms with Crippen LogP contribution < -0.4 is 10.6 Å². The fourth-order valence-corrected chi connectivity index (χ4v) is 2.44. The van der Waals surface area contributed by atoms with Gasteiger partial charge in [0, 0.05) is 11.8 Å². The van der Waals surface area contributed by atoms with E-state index in [1.54, 1.807) is 24.3 Å². The van der Waals surface area contributed by atoms with Crippen LogP contribution in [0.5, 0.6) is 0 Å². The van der Waals surface area contributed by atoms with Crippen LogP contribution in [0, 0.1) is 25.2 Å². The lowest BCUT2D eigenvalue weighted by molar-refractivity contribution is -0.143. The lowest BCUT2D eigenvalue weighted by atomic mass is 10.1. The molecule has 0 saturated heterocycles. The SMILES string of the molecule is Cc1cccc(C)c1NC(=O)CNC(=O)COC(=O)/C=C/c1ccc(C#N)cc1. The third-order valence-corrected chi connectivity index (χ3v) is 3.99. The molecule has 7 nitrogen and oxygen atoms in total. The minimum Gasteiger partial charge on any atom is -0.452 e. The predicted octanol–water partition coefficient (Wildman–Crippen LogP) is 2.49. The smallest absolute Gasteiger partial charge is 0.331 e. The Balaban J connectivity index is 1.73. The molecular formula is C22H21N3O4. The van der Waals surface area contributed by atoms with Crippen LogP contribution in [0.15, 0.2) is 48.5 Å². The number of anilines is 1. The van der Waals surface area contributed by atoms with Crippen LogP contribution in [0.1, 0.15) is 22.3 Å². The zero-order chi connectivity index (χ0) is 21.2. The molecule has 0 bridgehead atoms. The highest BCUT2D eigenvalue weighted by Crippen LogP contribution is 2.18. The van der Waals surface area contributed by atoms with E-state index in [9.17, 15) is 14.4 Å². The van der Waals surface area contributed by atoms with Crippen molar-refractivity contribution < 1.29 is 19.1 Å². The summed E-state index contributed by atoms with van der Waals surface area (Å²) in [6.45, 7) is 3.04. The molecule has 148 valence electrons. The fraction of sp³-hybridized carbons (Fsp3) is 0.182. The van der Waals surface area contributed by atoms with Gasteiger partial charge in [0.15, 0.2) is 6.61 Å². The minimum atomic E-state index is -0.690. The molecule has 0 spiro atoms. The van der Waals surface area contributed by atoms with Crippen LogP contribution in [0.3, 0.4) is 0 Å². The molecule has 2 aromatic carbocycles. The van der Waals surface area contributed by atoms with Gasteiger partial charge in [-0.25, -0.2) is 4.79 Å². The number of rotatable bonds is 7. The van der Waals surface area contributed by atoms with Crippen LogP contribution in [0.25, 0.3) is 6.08 Å². The maximum atomic E-state index is 12.0. The molecule has 0 aromatic heterocycles. The van der Waals surface area contributed by atoms with Gasteiger partial charge in [-0.15, -0.1) is 0 Å². The molecule has 2 aromatic rings. The topological polar surface area (TPSA) is 108 Å². The Morgan fingerprint density at radius 1 is 1.03 bits per heavy atom. The molecule has 0 saturated carbocycles. The molecule has 7 heteroatoms. The zero-order valence-electron chi connectivity index (χ0n) is 16.2. The number of carbonyl (C=O) groups excluding carboxylic acids is 3. The molecule has 0 heterocycles. The molecule has 0 radical (unpaired) electrons. The van der Waals surface area contributed by atoms with E-state index in [-0.39, 0.29) is 12.5 Å². The summed E-state index contributed by atoms with van der Waals surface area (Å²) in [5, 5.41) is 13.9. The number of hydrogen-bond donors (Lipinski definition) is 2. The molecule has 0 atom stereocenters. The highest BCUT2D eigenvalue weighted by molar-refractivity contribution is 5.96. The zero-order valence-corrected chi connectivity index (χ0v) is 16.2. The number of nitrogens with one attached hydrogen (secondary N) is 2. The molecule has 29 heavy (non-hydrogen) atoms. The van der Waals surface area contributed by atoms with E-state index in [2.05, 4.69) is 10.6 Å². The minimum absolute atomic E-state index is 0.231. The predicted molar refractivity (Wildman–Crippen MR) is 109 cm³/mol. The van der Waals surface area contributed by atoms with E-state index in [0.717, 1.165) is 11.1 Å². The van der Waals surface area contributed by atoms with Gasteiger partial charge in [-0.05, 0) is 48.7 Å². The van der Waals surface area contributed by atoms with Gasteiger partial charge in [-0.1, -0.05) is 30.3 Å². The van der Waals surface area contributed by atoms with E-state index in [1.165, 1.54) is 12.2 Å². The van der Waals surface area contributed by atoms with Crippen molar-refractivity contribution >= 4 is 29.5 Å². The van der Waals surface area contributed by atoms with Crippen LogP contribution >= 0.6 is 0 Å². The van der Waals surface area contributed by atoms with E-state index < -0.39 is 18.5 Å². The summed E-state index contributed by atoms with van der Waals surface area (Å²) in [6, 6.07) is 14.3. The standard InChI is InChI=1S/C22H21N3O4/c1-15-4-3-5-16(2)22(15)25-19(26)13-24-20(27)14-29-21(28)11-10-17-6-8-18(12-23)9-7-17/h3-11H,13-14H2,1-2H3,(H,24,27)(H,25,26)/b11-10+. The summed E-state index contributed by atoms with van der Waals surface area (Å²) >= 11 is 0. The Bertz CT molecular complexity index is 952. The van der Waals surface area contributed by atoms with E-state index in [1.807, 2.05) is 38.1 Å². The third kappa shape index (κ3) is 6.96. The normalized spacial score (nSPS) is 10.2. The fourth-order valence-electron chi connectivity index (χ4n) is 2.44. The summed E-state index contributed by atoms with van der Waals surface area (Å²) in [4.78, 5) is 35.4. The average molecular weight is 391 g/mol. The Morgan fingerprint density at radius 3 is 2.31 bits per heavy atom. The molecule has 0 unspecified atom stereocenters. The number of esters is 1. The Morgan fingerprint density at radius 2 is 1.69 bits per heavy atom. The molecule has 0 aliphatic carbocycles. The van der Waals surface area contributed by atoms with E-state index in [4.69, 9.17) is 10.00 Å². The summed E-state index contributed by atoms with van der Waals surface area (Å²) in [7, 11) is 0. The van der Waals surface area contributed by atoms with Gasteiger partial charge >= 0.3 is 5.97 Å². The van der Waals surface area contributed by atoms with Crippen molar-refractivity contribution in [1.29, 1.82) is 5.26 Å². The van der Waals surface area contributed by atoms with Crippen molar-refractivity contribution in [2.45, 2.75) is 13.8 Å². The van der Waals surface area contributed by atoms with Gasteiger partial charge in [0.05, 0.1) is 18.2 Å². The Labute approximate surface area is 169 Å². The molecule has 2 rings (SSSR count). The molecule has 0 fully saturated rings. The lowest BCUT2D eigenvalue weighted by Crippen LogP contribution is -2.35. The molecule has 0 aliphatic rings. The number of hydrogen-bond acceptors (Lipinski definition) is 5. The molecule has 2 N–H and O–H groups in total. The number of nitriles is 1. The van der Waals surface area contributed by atoms with Crippen LogP contribution in [0.2, 0.25) is 0 Å². The quantitative estimate of drug-likeness (QED) is 0.557. The van der Waals surface area contributed by atoms with Crippen molar-refractivity contribution in [2.75, 3.05) is 18.5 Å². The van der Waals surface area contributed by atoms with Gasteiger partial charge in [0.1, 0.15) is 0 Å². The second kappa shape index (κ2) is 10.4. The highest BCUT2D eigenvalue weighted by Gasteiger charge is 2.10. The first-order chi connectivity index (χ1) is 13.9. The van der Waals surface area contributed by atoms with Gasteiger partial charge in [-0.3, -0.25) is 9.59 Å². The number of para-hydroxylation sites is 1. The van der Waals surface area contributed by atoms with Crippen molar-refractivity contribution in [3.05, 3.63) is 70.8 Å². The number of ether oxygens (including phenoxy) is 1. The maximum Gasteiger partial charge on any atom is 0.331 e. The first-order valence-electron chi connectivity index (χ1n) is 8.87. The van der Waals surface area contributed by atoms with Crippen molar-refractivity contribution in [2.24, 2.45) is 0 Å². The second-order valence-electron chi connectivity index (χ2n) is 6.27. The van der Waals surface area contributed by atoms with Crippen molar-refractivity contribution in [3.63, 3.8) is 0 Å². The third-order valence-electron chi connectivity index (χ3n) is 3.99. The van der Waals surface area contributed by atoms with E-state index >= 15 is 0 Å². The summed E-state index contributed by atoms with van der Waals surface area (Å²) in [6.07, 6.45) is 2.70. The van der Waals surface area contributed by atoms with Gasteiger partial charge in [0.2, 0.25) is 5.91 Å². The van der Waals surface area contributed by atoms with Gasteiger partial charge < -0.3 is 15.4 Å².